The number of phenolic OH excluding ortho intramolecular Hbond substituents is 1. The highest BCUT2D eigenvalue weighted by molar-refractivity contribution is 5.92. The predicted molar refractivity (Wildman–Crippen MR) is 88.7 cm³/mol. The van der Waals surface area contributed by atoms with Crippen LogP contribution < -0.4 is 11.1 Å². The van der Waals surface area contributed by atoms with Crippen molar-refractivity contribution < 1.29 is 23.1 Å². The van der Waals surface area contributed by atoms with Crippen LogP contribution >= 0.6 is 0 Å². The van der Waals surface area contributed by atoms with Gasteiger partial charge in [-0.05, 0) is 49.9 Å². The minimum atomic E-state index is -4.54. The Kier molecular flexibility index (Phi) is 4.90. The molecule has 9 heteroatoms. The molecule has 0 aliphatic heterocycles. The summed E-state index contributed by atoms with van der Waals surface area (Å²) < 4.78 is 40.4. The third-order valence-corrected chi connectivity index (χ3v) is 4.34. The molecule has 0 fully saturated rings. The van der Waals surface area contributed by atoms with E-state index in [4.69, 9.17) is 5.73 Å². The number of halogens is 3. The Morgan fingerprint density at radius 2 is 2.12 bits per heavy atom. The first-order valence-corrected chi connectivity index (χ1v) is 8.27. The van der Waals surface area contributed by atoms with Crippen LogP contribution in [0.3, 0.4) is 0 Å². The zero-order chi connectivity index (χ0) is 18.9. The van der Waals surface area contributed by atoms with Gasteiger partial charge in [0.05, 0.1) is 5.69 Å². The van der Waals surface area contributed by atoms with Crippen LogP contribution in [-0.2, 0) is 36.8 Å². The van der Waals surface area contributed by atoms with Crippen LogP contribution in [0.15, 0.2) is 18.2 Å². The summed E-state index contributed by atoms with van der Waals surface area (Å²) in [6, 6.07) is 4.72. The summed E-state index contributed by atoms with van der Waals surface area (Å²) in [7, 11) is 0. The van der Waals surface area contributed by atoms with E-state index in [2.05, 4.69) is 10.4 Å². The molecule has 0 radical (unpaired) electrons. The van der Waals surface area contributed by atoms with Crippen LogP contribution in [0.2, 0.25) is 0 Å². The maximum absolute atomic E-state index is 13.1. The van der Waals surface area contributed by atoms with E-state index >= 15 is 0 Å². The number of rotatable bonds is 5. The molecule has 6 nitrogen and oxygen atoms in total. The maximum Gasteiger partial charge on any atom is 0.435 e. The first-order valence-electron chi connectivity index (χ1n) is 8.27. The summed E-state index contributed by atoms with van der Waals surface area (Å²) in [6.45, 7) is 0.0662. The van der Waals surface area contributed by atoms with Gasteiger partial charge >= 0.3 is 6.18 Å². The van der Waals surface area contributed by atoms with E-state index in [1.807, 2.05) is 0 Å². The topological polar surface area (TPSA) is 93.2 Å². The number of hydrogen-bond donors (Lipinski definition) is 3. The van der Waals surface area contributed by atoms with E-state index in [1.54, 1.807) is 12.1 Å². The van der Waals surface area contributed by atoms with Gasteiger partial charge in [-0.15, -0.1) is 0 Å². The number of benzene rings is 1. The fraction of sp³-hybridized carbons (Fsp3) is 0.412. The molecular weight excluding hydrogens is 349 g/mol. The second-order valence-corrected chi connectivity index (χ2v) is 6.22. The lowest BCUT2D eigenvalue weighted by molar-refractivity contribution is -0.142. The largest absolute Gasteiger partial charge is 0.506 e. The Morgan fingerprint density at radius 3 is 2.81 bits per heavy atom. The highest BCUT2D eigenvalue weighted by atomic mass is 19.4. The van der Waals surface area contributed by atoms with Gasteiger partial charge in [0.25, 0.3) is 0 Å². The Morgan fingerprint density at radius 1 is 1.35 bits per heavy atom. The molecule has 0 bridgehead atoms. The Balaban J connectivity index is 1.78. The van der Waals surface area contributed by atoms with Gasteiger partial charge in [-0.3, -0.25) is 9.48 Å². The normalized spacial score (nSPS) is 13.7. The Bertz CT molecular complexity index is 830. The van der Waals surface area contributed by atoms with Crippen molar-refractivity contribution in [3.63, 3.8) is 0 Å². The van der Waals surface area contributed by atoms with Crippen LogP contribution in [0.4, 0.5) is 18.9 Å². The maximum atomic E-state index is 13.1. The number of hydrogen-bond acceptors (Lipinski definition) is 4. The van der Waals surface area contributed by atoms with Gasteiger partial charge in [-0.2, -0.15) is 18.3 Å². The molecule has 140 valence electrons. The van der Waals surface area contributed by atoms with Gasteiger partial charge in [0.2, 0.25) is 5.91 Å². The summed E-state index contributed by atoms with van der Waals surface area (Å²) in [4.78, 5) is 12.3. The number of nitrogens with one attached hydrogen (secondary N) is 1. The highest BCUT2D eigenvalue weighted by Gasteiger charge is 2.40. The number of amides is 1. The lowest BCUT2D eigenvalue weighted by atomic mass is 10.1. The standard InChI is InChI=1S/C17H19F3N4O2/c18-17(19,20)16-11-2-1-3-13(11)24(23-16)9-15(26)22-12-8-10(6-7-21)4-5-14(12)25/h4-5,8,25H,1-3,6-7,9,21H2,(H,22,26). The molecule has 0 saturated carbocycles. The van der Waals surface area contributed by atoms with E-state index in [9.17, 15) is 23.1 Å². The number of aromatic nitrogens is 2. The average molecular weight is 368 g/mol. The summed E-state index contributed by atoms with van der Waals surface area (Å²) in [6.07, 6.45) is -2.58. The second kappa shape index (κ2) is 6.99. The van der Waals surface area contributed by atoms with Crippen LogP contribution in [0.5, 0.6) is 5.75 Å². The minimum Gasteiger partial charge on any atom is -0.506 e. The van der Waals surface area contributed by atoms with Crippen molar-refractivity contribution in [3.8, 4) is 5.75 Å². The quantitative estimate of drug-likeness (QED) is 0.706. The molecular formula is C17H19F3N4O2. The van der Waals surface area contributed by atoms with E-state index < -0.39 is 17.8 Å². The summed E-state index contributed by atoms with van der Waals surface area (Å²) in [5.41, 5.74) is 6.24. The number of anilines is 1. The fourth-order valence-electron chi connectivity index (χ4n) is 3.20. The number of alkyl halides is 3. The van der Waals surface area contributed by atoms with E-state index in [0.717, 1.165) is 10.2 Å². The molecule has 1 amide bonds. The van der Waals surface area contributed by atoms with Gasteiger partial charge in [-0.25, -0.2) is 0 Å². The number of carbonyl (C=O) groups is 1. The first-order chi connectivity index (χ1) is 12.3. The number of aromatic hydroxyl groups is 1. The third kappa shape index (κ3) is 3.67. The van der Waals surface area contributed by atoms with E-state index in [1.165, 1.54) is 6.07 Å². The molecule has 0 unspecified atom stereocenters. The molecule has 2 aromatic rings. The predicted octanol–water partition coefficient (Wildman–Crippen LogP) is 2.24. The monoisotopic (exact) mass is 368 g/mol. The Hall–Kier alpha value is -2.55. The molecule has 0 spiro atoms. The number of fused-ring (bicyclic) bond motifs is 1. The zero-order valence-electron chi connectivity index (χ0n) is 13.9. The second-order valence-electron chi connectivity index (χ2n) is 6.22. The van der Waals surface area contributed by atoms with E-state index in [-0.39, 0.29) is 23.5 Å². The molecule has 1 aliphatic rings. The summed E-state index contributed by atoms with van der Waals surface area (Å²) in [5.74, 6) is -0.683. The van der Waals surface area contributed by atoms with Crippen molar-refractivity contribution >= 4 is 11.6 Å². The molecule has 0 atom stereocenters. The fourth-order valence-corrected chi connectivity index (χ4v) is 3.20. The van der Waals surface area contributed by atoms with Crippen LogP contribution in [0, 0.1) is 0 Å². The van der Waals surface area contributed by atoms with Crippen molar-refractivity contribution in [1.82, 2.24) is 9.78 Å². The number of carbonyl (C=O) groups excluding carboxylic acids is 1. The van der Waals surface area contributed by atoms with Crippen molar-refractivity contribution in [2.24, 2.45) is 5.73 Å². The van der Waals surface area contributed by atoms with Crippen molar-refractivity contribution in [2.75, 3.05) is 11.9 Å². The van der Waals surface area contributed by atoms with Gasteiger partial charge in [-0.1, -0.05) is 6.07 Å². The van der Waals surface area contributed by atoms with Gasteiger partial charge in [0, 0.05) is 11.3 Å². The molecule has 4 N–H and O–H groups in total. The molecule has 1 aromatic heterocycles. The first kappa shape index (κ1) is 18.2. The Labute approximate surface area is 147 Å². The van der Waals surface area contributed by atoms with Gasteiger partial charge in [0.1, 0.15) is 12.3 Å². The number of nitrogens with two attached hydrogens (primary N) is 1. The lowest BCUT2D eigenvalue weighted by Crippen LogP contribution is -2.21. The SMILES string of the molecule is NCCc1ccc(O)c(NC(=O)Cn2nc(C(F)(F)F)c3c2CCC3)c1. The van der Waals surface area contributed by atoms with Crippen molar-refractivity contribution in [2.45, 2.75) is 38.4 Å². The summed E-state index contributed by atoms with van der Waals surface area (Å²) >= 11 is 0. The molecule has 1 aromatic carbocycles. The minimum absolute atomic E-state index is 0.124. The highest BCUT2D eigenvalue weighted by Crippen LogP contribution is 2.36. The molecule has 3 rings (SSSR count). The van der Waals surface area contributed by atoms with Crippen molar-refractivity contribution in [3.05, 3.63) is 40.7 Å². The molecule has 26 heavy (non-hydrogen) atoms. The molecule has 1 aliphatic carbocycles. The van der Waals surface area contributed by atoms with E-state index in [0.29, 0.717) is 37.9 Å². The zero-order valence-corrected chi connectivity index (χ0v) is 13.9. The smallest absolute Gasteiger partial charge is 0.435 e. The van der Waals surface area contributed by atoms with Crippen LogP contribution in [0.1, 0.15) is 28.9 Å². The molecule has 0 saturated heterocycles. The van der Waals surface area contributed by atoms with Crippen molar-refractivity contribution in [1.29, 1.82) is 0 Å². The number of nitrogens with zero attached hydrogens (tertiary/aromatic N) is 2. The summed E-state index contributed by atoms with van der Waals surface area (Å²) in [5, 5.41) is 16.0. The van der Waals surface area contributed by atoms with Crippen LogP contribution in [-0.4, -0.2) is 27.3 Å². The lowest BCUT2D eigenvalue weighted by Gasteiger charge is -2.10. The van der Waals surface area contributed by atoms with Crippen LogP contribution in [0.25, 0.3) is 0 Å². The number of phenols is 1. The average Bonchev–Trinajstić information content (AvgIpc) is 3.14. The third-order valence-electron chi connectivity index (χ3n) is 4.34. The molecule has 1 heterocycles. The van der Waals surface area contributed by atoms with Gasteiger partial charge < -0.3 is 16.2 Å². The van der Waals surface area contributed by atoms with Gasteiger partial charge in [0.15, 0.2) is 5.69 Å².